The Hall–Kier alpha value is -2.27. The number of amides is 1. The number of carbonyl (C=O) groups is 1. The first-order valence-corrected chi connectivity index (χ1v) is 6.31. The van der Waals surface area contributed by atoms with Crippen molar-refractivity contribution >= 4 is 29.0 Å². The Balaban J connectivity index is 2.26. The van der Waals surface area contributed by atoms with E-state index in [0.29, 0.717) is 22.8 Å². The Bertz CT molecular complexity index is 632. The number of rotatable bonds is 4. The Morgan fingerprint density at radius 3 is 2.75 bits per heavy atom. The molecule has 0 aliphatic rings. The first-order valence-electron chi connectivity index (χ1n) is 5.93. The van der Waals surface area contributed by atoms with Gasteiger partial charge in [0.15, 0.2) is 0 Å². The number of carbonyl (C=O) groups excluding carboxylic acids is 1. The van der Waals surface area contributed by atoms with Crippen LogP contribution < -0.4 is 15.4 Å². The van der Waals surface area contributed by atoms with Crippen LogP contribution in [0.15, 0.2) is 36.4 Å². The highest BCUT2D eigenvalue weighted by molar-refractivity contribution is 6.30. The topological polar surface area (TPSA) is 63.2 Å². The van der Waals surface area contributed by atoms with Crippen molar-refractivity contribution in [2.45, 2.75) is 0 Å². The fourth-order valence-corrected chi connectivity index (χ4v) is 1.91. The lowest BCUT2D eigenvalue weighted by molar-refractivity contribution is 0.102. The van der Waals surface area contributed by atoms with Gasteiger partial charge in [-0.15, -0.1) is 0 Å². The highest BCUT2D eigenvalue weighted by atomic mass is 35.5. The fraction of sp³-hybridized carbons (Fsp3) is 0.143. The molecule has 104 valence electrons. The van der Waals surface area contributed by atoms with Gasteiger partial charge in [0, 0.05) is 12.6 Å². The number of benzene rings is 1. The van der Waals surface area contributed by atoms with Crippen molar-refractivity contribution in [1.29, 1.82) is 0 Å². The molecule has 5 nitrogen and oxygen atoms in total. The second kappa shape index (κ2) is 6.25. The molecule has 1 aromatic heterocycles. The SMILES string of the molecule is CNc1cc(C(=O)Nc2ccccc2OC)cc(Cl)n1. The molecule has 1 heterocycles. The van der Waals surface area contributed by atoms with Crippen LogP contribution >= 0.6 is 11.6 Å². The van der Waals surface area contributed by atoms with Crippen molar-refractivity contribution in [2.75, 3.05) is 24.8 Å². The fourth-order valence-electron chi connectivity index (χ4n) is 1.70. The van der Waals surface area contributed by atoms with Crippen LogP contribution in [0.1, 0.15) is 10.4 Å². The molecule has 0 atom stereocenters. The van der Waals surface area contributed by atoms with Crippen molar-refractivity contribution in [2.24, 2.45) is 0 Å². The Kier molecular flexibility index (Phi) is 4.42. The third kappa shape index (κ3) is 3.19. The Labute approximate surface area is 121 Å². The zero-order valence-corrected chi connectivity index (χ0v) is 11.9. The number of ether oxygens (including phenoxy) is 1. The molecule has 20 heavy (non-hydrogen) atoms. The summed E-state index contributed by atoms with van der Waals surface area (Å²) in [5, 5.41) is 5.88. The molecule has 1 aromatic carbocycles. The summed E-state index contributed by atoms with van der Waals surface area (Å²) in [6.07, 6.45) is 0. The number of hydrogen-bond donors (Lipinski definition) is 2. The number of nitrogens with one attached hydrogen (secondary N) is 2. The summed E-state index contributed by atoms with van der Waals surface area (Å²) in [7, 11) is 3.26. The number of nitrogens with zero attached hydrogens (tertiary/aromatic N) is 1. The molecule has 6 heteroatoms. The maximum atomic E-state index is 12.2. The maximum Gasteiger partial charge on any atom is 0.256 e. The summed E-state index contributed by atoms with van der Waals surface area (Å²) >= 11 is 5.88. The van der Waals surface area contributed by atoms with E-state index in [1.54, 1.807) is 32.4 Å². The van der Waals surface area contributed by atoms with Crippen LogP contribution in [-0.2, 0) is 0 Å². The number of hydrogen-bond acceptors (Lipinski definition) is 4. The summed E-state index contributed by atoms with van der Waals surface area (Å²) < 4.78 is 5.19. The third-order valence-corrected chi connectivity index (χ3v) is 2.86. The van der Waals surface area contributed by atoms with Gasteiger partial charge >= 0.3 is 0 Å². The molecule has 0 saturated carbocycles. The monoisotopic (exact) mass is 291 g/mol. The van der Waals surface area contributed by atoms with Crippen LogP contribution in [0.2, 0.25) is 5.15 Å². The average Bonchev–Trinajstić information content (AvgIpc) is 2.47. The zero-order chi connectivity index (χ0) is 14.5. The highest BCUT2D eigenvalue weighted by Gasteiger charge is 2.11. The standard InChI is InChI=1S/C14H14ClN3O2/c1-16-13-8-9(7-12(15)18-13)14(19)17-10-5-3-4-6-11(10)20-2/h3-8H,1-2H3,(H,16,18)(H,17,19). The number of para-hydroxylation sites is 2. The van der Waals surface area contributed by atoms with Gasteiger partial charge in [-0.25, -0.2) is 4.98 Å². The lowest BCUT2D eigenvalue weighted by atomic mass is 10.2. The predicted octanol–water partition coefficient (Wildman–Crippen LogP) is 3.04. The first kappa shape index (κ1) is 14.1. The zero-order valence-electron chi connectivity index (χ0n) is 11.1. The number of halogens is 1. The molecule has 0 aliphatic carbocycles. The smallest absolute Gasteiger partial charge is 0.256 e. The Morgan fingerprint density at radius 2 is 2.05 bits per heavy atom. The van der Waals surface area contributed by atoms with Crippen molar-refractivity contribution in [3.8, 4) is 5.75 Å². The van der Waals surface area contributed by atoms with Crippen molar-refractivity contribution in [3.05, 3.63) is 47.1 Å². The van der Waals surface area contributed by atoms with Crippen LogP contribution in [0.25, 0.3) is 0 Å². The molecule has 0 radical (unpaired) electrons. The van der Waals surface area contributed by atoms with Gasteiger partial charge in [-0.1, -0.05) is 23.7 Å². The van der Waals surface area contributed by atoms with Gasteiger partial charge in [0.1, 0.15) is 16.7 Å². The molecular weight excluding hydrogens is 278 g/mol. The number of methoxy groups -OCH3 is 1. The van der Waals surface area contributed by atoms with Crippen molar-refractivity contribution in [3.63, 3.8) is 0 Å². The molecule has 0 fully saturated rings. The summed E-state index contributed by atoms with van der Waals surface area (Å²) in [5.41, 5.74) is 1.01. The molecule has 0 aliphatic heterocycles. The minimum atomic E-state index is -0.282. The molecular formula is C14H14ClN3O2. The van der Waals surface area contributed by atoms with Crippen LogP contribution in [0.3, 0.4) is 0 Å². The van der Waals surface area contributed by atoms with Gasteiger partial charge in [-0.2, -0.15) is 0 Å². The van der Waals surface area contributed by atoms with Gasteiger partial charge < -0.3 is 15.4 Å². The molecule has 2 aromatic rings. The van der Waals surface area contributed by atoms with Gasteiger partial charge in [0.05, 0.1) is 12.8 Å². The highest BCUT2D eigenvalue weighted by Crippen LogP contribution is 2.24. The van der Waals surface area contributed by atoms with Crippen LogP contribution in [0.5, 0.6) is 5.75 Å². The molecule has 0 unspecified atom stereocenters. The minimum Gasteiger partial charge on any atom is -0.495 e. The maximum absolute atomic E-state index is 12.2. The first-order chi connectivity index (χ1) is 9.63. The summed E-state index contributed by atoms with van der Waals surface area (Å²) in [6, 6.07) is 10.3. The van der Waals surface area contributed by atoms with Crippen LogP contribution in [-0.4, -0.2) is 25.0 Å². The van der Waals surface area contributed by atoms with E-state index in [2.05, 4.69) is 15.6 Å². The summed E-state index contributed by atoms with van der Waals surface area (Å²) in [4.78, 5) is 16.2. The van der Waals surface area contributed by atoms with E-state index in [4.69, 9.17) is 16.3 Å². The van der Waals surface area contributed by atoms with E-state index >= 15 is 0 Å². The second-order valence-electron chi connectivity index (χ2n) is 3.97. The predicted molar refractivity (Wildman–Crippen MR) is 79.7 cm³/mol. The number of aromatic nitrogens is 1. The average molecular weight is 292 g/mol. The number of anilines is 2. The number of pyridine rings is 1. The van der Waals surface area contributed by atoms with Gasteiger partial charge in [0.25, 0.3) is 5.91 Å². The Morgan fingerprint density at radius 1 is 1.30 bits per heavy atom. The van der Waals surface area contributed by atoms with Crippen molar-refractivity contribution in [1.82, 2.24) is 4.98 Å². The normalized spacial score (nSPS) is 9.95. The summed E-state index contributed by atoms with van der Waals surface area (Å²) in [6.45, 7) is 0. The third-order valence-electron chi connectivity index (χ3n) is 2.67. The van der Waals surface area contributed by atoms with Gasteiger partial charge in [-0.3, -0.25) is 4.79 Å². The lowest BCUT2D eigenvalue weighted by Gasteiger charge is -2.10. The molecule has 0 saturated heterocycles. The van der Waals surface area contributed by atoms with E-state index in [1.165, 1.54) is 6.07 Å². The van der Waals surface area contributed by atoms with E-state index in [9.17, 15) is 4.79 Å². The molecule has 2 N–H and O–H groups in total. The van der Waals surface area contributed by atoms with E-state index < -0.39 is 0 Å². The molecule has 1 amide bonds. The van der Waals surface area contributed by atoms with Crippen LogP contribution in [0.4, 0.5) is 11.5 Å². The molecule has 0 bridgehead atoms. The lowest BCUT2D eigenvalue weighted by Crippen LogP contribution is -2.13. The largest absolute Gasteiger partial charge is 0.495 e. The van der Waals surface area contributed by atoms with Gasteiger partial charge in [0.2, 0.25) is 0 Å². The van der Waals surface area contributed by atoms with Crippen LogP contribution in [0, 0.1) is 0 Å². The molecule has 2 rings (SSSR count). The van der Waals surface area contributed by atoms with E-state index in [1.807, 2.05) is 12.1 Å². The van der Waals surface area contributed by atoms with E-state index in [-0.39, 0.29) is 11.1 Å². The second-order valence-corrected chi connectivity index (χ2v) is 4.36. The molecule has 0 spiro atoms. The van der Waals surface area contributed by atoms with E-state index in [0.717, 1.165) is 0 Å². The van der Waals surface area contributed by atoms with Crippen molar-refractivity contribution < 1.29 is 9.53 Å². The minimum absolute atomic E-state index is 0.252. The summed E-state index contributed by atoms with van der Waals surface area (Å²) in [5.74, 6) is 0.841. The quantitative estimate of drug-likeness (QED) is 0.850. The van der Waals surface area contributed by atoms with Gasteiger partial charge in [-0.05, 0) is 24.3 Å².